The Bertz CT molecular complexity index is 315. The normalized spacial score (nSPS) is 25.8. The Labute approximate surface area is 118 Å². The molecule has 0 radical (unpaired) electrons. The lowest BCUT2D eigenvalue weighted by Crippen LogP contribution is -2.43. The average molecular weight is 299 g/mol. The monoisotopic (exact) mass is 297 g/mol. The summed E-state index contributed by atoms with van der Waals surface area (Å²) in [7, 11) is 0. The van der Waals surface area contributed by atoms with Crippen molar-refractivity contribution in [3.05, 3.63) is 12.2 Å². The van der Waals surface area contributed by atoms with Crippen molar-refractivity contribution in [2.24, 2.45) is 11.3 Å². The van der Waals surface area contributed by atoms with Gasteiger partial charge in [-0.1, -0.05) is 67.7 Å². The fraction of sp³-hybridized carbons (Fsp3) is 0.750. The van der Waals surface area contributed by atoms with E-state index in [0.29, 0.717) is 5.92 Å². The first-order valence-corrected chi connectivity index (χ1v) is 6.78. The summed E-state index contributed by atoms with van der Waals surface area (Å²) in [6, 6.07) is -0.0453. The third-order valence-corrected chi connectivity index (χ3v) is 3.64. The highest BCUT2D eigenvalue weighted by Gasteiger charge is 2.34. The molecule has 2 nitrogen and oxygen atoms in total. The summed E-state index contributed by atoms with van der Waals surface area (Å²) >= 11 is 16.6. The molecular formula is C12H18Cl3NO. The molecule has 17 heavy (non-hydrogen) atoms. The second-order valence-electron chi connectivity index (χ2n) is 5.54. The highest BCUT2D eigenvalue weighted by atomic mass is 35.6. The summed E-state index contributed by atoms with van der Waals surface area (Å²) in [5.41, 5.74) is 0.216. The van der Waals surface area contributed by atoms with Gasteiger partial charge < -0.3 is 5.32 Å². The lowest BCUT2D eigenvalue weighted by Gasteiger charge is -2.35. The number of hydrogen-bond donors (Lipinski definition) is 1. The van der Waals surface area contributed by atoms with Crippen LogP contribution in [0.2, 0.25) is 0 Å². The third-order valence-electron chi connectivity index (χ3n) is 3.13. The molecule has 1 rings (SSSR count). The van der Waals surface area contributed by atoms with Gasteiger partial charge in [-0.2, -0.15) is 0 Å². The van der Waals surface area contributed by atoms with E-state index in [0.717, 1.165) is 12.8 Å². The van der Waals surface area contributed by atoms with Gasteiger partial charge in [0.15, 0.2) is 0 Å². The lowest BCUT2D eigenvalue weighted by atomic mass is 9.73. The standard InChI is InChI=1S/C12H18Cl3NO/c1-11(2,3)8-5-4-6-9(7-8)16-10(17)12(13,14)15/h4,6,8-9H,5,7H2,1-3H3,(H,16,17)/t8-,9-/m1/s1. The Balaban J connectivity index is 2.61. The van der Waals surface area contributed by atoms with Gasteiger partial charge in [-0.3, -0.25) is 4.79 Å². The SMILES string of the molecule is CC(C)(C)[C@@H]1CC=C[C@@H](NC(=O)C(Cl)(Cl)Cl)C1. The fourth-order valence-electron chi connectivity index (χ4n) is 1.95. The van der Waals surface area contributed by atoms with Gasteiger partial charge in [0, 0.05) is 6.04 Å². The number of halogens is 3. The zero-order valence-electron chi connectivity index (χ0n) is 10.3. The lowest BCUT2D eigenvalue weighted by molar-refractivity contribution is -0.120. The largest absolute Gasteiger partial charge is 0.346 e. The molecule has 0 saturated heterocycles. The number of nitrogens with one attached hydrogen (secondary N) is 1. The smallest absolute Gasteiger partial charge is 0.272 e. The minimum Gasteiger partial charge on any atom is -0.346 e. The van der Waals surface area contributed by atoms with Gasteiger partial charge in [0.2, 0.25) is 0 Å². The van der Waals surface area contributed by atoms with Crippen LogP contribution in [-0.4, -0.2) is 15.7 Å². The number of alkyl halides is 3. The highest BCUT2D eigenvalue weighted by molar-refractivity contribution is 6.76. The van der Waals surface area contributed by atoms with E-state index in [1.54, 1.807) is 0 Å². The molecule has 0 aromatic carbocycles. The molecule has 0 saturated carbocycles. The van der Waals surface area contributed by atoms with Crippen LogP contribution in [0.3, 0.4) is 0 Å². The predicted molar refractivity (Wildman–Crippen MR) is 73.5 cm³/mol. The van der Waals surface area contributed by atoms with Crippen LogP contribution >= 0.6 is 34.8 Å². The number of rotatable bonds is 1. The van der Waals surface area contributed by atoms with Gasteiger partial charge in [-0.25, -0.2) is 0 Å². The quantitative estimate of drug-likeness (QED) is 0.578. The minimum absolute atomic E-state index is 0.0453. The molecule has 1 aliphatic carbocycles. The van der Waals surface area contributed by atoms with Crippen molar-refractivity contribution >= 4 is 40.7 Å². The van der Waals surface area contributed by atoms with Crippen LogP contribution in [0.5, 0.6) is 0 Å². The van der Waals surface area contributed by atoms with E-state index in [2.05, 4.69) is 32.2 Å². The van der Waals surface area contributed by atoms with Crippen LogP contribution in [-0.2, 0) is 4.79 Å². The Hall–Kier alpha value is 0.0800. The van der Waals surface area contributed by atoms with E-state index < -0.39 is 9.70 Å². The van der Waals surface area contributed by atoms with Crippen molar-refractivity contribution in [2.75, 3.05) is 0 Å². The maximum Gasteiger partial charge on any atom is 0.272 e. The Morgan fingerprint density at radius 2 is 1.88 bits per heavy atom. The zero-order chi connectivity index (χ0) is 13.3. The third kappa shape index (κ3) is 4.69. The Morgan fingerprint density at radius 3 is 2.35 bits per heavy atom. The molecule has 1 N–H and O–H groups in total. The van der Waals surface area contributed by atoms with E-state index in [1.807, 2.05) is 6.08 Å². The van der Waals surface area contributed by atoms with Crippen LogP contribution in [0.25, 0.3) is 0 Å². The summed E-state index contributed by atoms with van der Waals surface area (Å²) in [5, 5.41) is 2.74. The van der Waals surface area contributed by atoms with E-state index in [4.69, 9.17) is 34.8 Å². The maximum absolute atomic E-state index is 11.5. The maximum atomic E-state index is 11.5. The number of hydrogen-bond acceptors (Lipinski definition) is 1. The first kappa shape index (κ1) is 15.1. The number of amides is 1. The molecule has 0 aromatic rings. The van der Waals surface area contributed by atoms with Gasteiger partial charge in [0.25, 0.3) is 9.70 Å². The highest BCUT2D eigenvalue weighted by Crippen LogP contribution is 2.35. The molecule has 98 valence electrons. The summed E-state index contributed by atoms with van der Waals surface area (Å²) in [5.74, 6) is -0.0418. The first-order chi connectivity index (χ1) is 7.60. The number of allylic oxidation sites excluding steroid dienone is 1. The van der Waals surface area contributed by atoms with Crippen LogP contribution < -0.4 is 5.32 Å². The predicted octanol–water partition coefficient (Wildman–Crippen LogP) is 3.85. The van der Waals surface area contributed by atoms with Crippen molar-refractivity contribution in [1.29, 1.82) is 0 Å². The molecular weight excluding hydrogens is 280 g/mol. The summed E-state index contributed by atoms with van der Waals surface area (Å²) in [4.78, 5) is 11.5. The minimum atomic E-state index is -1.89. The fourth-order valence-corrected chi connectivity index (χ4v) is 2.12. The molecule has 2 atom stereocenters. The van der Waals surface area contributed by atoms with E-state index in [1.165, 1.54) is 0 Å². The molecule has 0 aliphatic heterocycles. The second-order valence-corrected chi connectivity index (χ2v) is 7.82. The molecule has 1 amide bonds. The molecule has 1 aliphatic rings. The van der Waals surface area contributed by atoms with Crippen molar-refractivity contribution in [3.8, 4) is 0 Å². The Morgan fingerprint density at radius 1 is 1.29 bits per heavy atom. The average Bonchev–Trinajstić information content (AvgIpc) is 2.15. The molecule has 0 unspecified atom stereocenters. The second kappa shape index (κ2) is 5.38. The number of carbonyl (C=O) groups is 1. The van der Waals surface area contributed by atoms with Crippen LogP contribution in [0.1, 0.15) is 33.6 Å². The van der Waals surface area contributed by atoms with Gasteiger partial charge in [0.1, 0.15) is 0 Å². The molecule has 0 fully saturated rings. The van der Waals surface area contributed by atoms with Crippen molar-refractivity contribution in [2.45, 2.75) is 43.4 Å². The van der Waals surface area contributed by atoms with Crippen LogP contribution in [0, 0.1) is 11.3 Å². The van der Waals surface area contributed by atoms with E-state index >= 15 is 0 Å². The topological polar surface area (TPSA) is 29.1 Å². The van der Waals surface area contributed by atoms with Crippen LogP contribution in [0.4, 0.5) is 0 Å². The molecule has 0 aromatic heterocycles. The van der Waals surface area contributed by atoms with E-state index in [9.17, 15) is 4.79 Å². The first-order valence-electron chi connectivity index (χ1n) is 5.65. The Kier molecular flexibility index (Phi) is 4.79. The van der Waals surface area contributed by atoms with Gasteiger partial charge in [0.05, 0.1) is 0 Å². The molecule has 0 heterocycles. The van der Waals surface area contributed by atoms with Crippen molar-refractivity contribution in [3.63, 3.8) is 0 Å². The van der Waals surface area contributed by atoms with Gasteiger partial charge in [-0.15, -0.1) is 0 Å². The molecule has 0 spiro atoms. The summed E-state index contributed by atoms with van der Waals surface area (Å²) in [6.45, 7) is 6.60. The molecule has 5 heteroatoms. The molecule has 0 bridgehead atoms. The van der Waals surface area contributed by atoms with Gasteiger partial charge >= 0.3 is 0 Å². The number of carbonyl (C=O) groups excluding carboxylic acids is 1. The van der Waals surface area contributed by atoms with Crippen molar-refractivity contribution in [1.82, 2.24) is 5.32 Å². The van der Waals surface area contributed by atoms with Crippen molar-refractivity contribution < 1.29 is 4.79 Å². The summed E-state index contributed by atoms with van der Waals surface area (Å²) in [6.07, 6.45) is 5.97. The van der Waals surface area contributed by atoms with Gasteiger partial charge in [-0.05, 0) is 24.2 Å². The summed E-state index contributed by atoms with van der Waals surface area (Å²) < 4.78 is -1.89. The van der Waals surface area contributed by atoms with E-state index in [-0.39, 0.29) is 11.5 Å². The zero-order valence-corrected chi connectivity index (χ0v) is 12.5. The van der Waals surface area contributed by atoms with Crippen LogP contribution in [0.15, 0.2) is 12.2 Å².